The molecule has 8 heteroatoms. The number of nitrogen functional groups attached to an aromatic ring is 1. The highest BCUT2D eigenvalue weighted by Gasteiger charge is 2.27. The monoisotopic (exact) mass is 336 g/mol. The molecule has 0 bridgehead atoms. The molecule has 0 aromatic heterocycles. The third-order valence-electron chi connectivity index (χ3n) is 3.79. The number of aryl methyl sites for hydroxylation is 1. The third kappa shape index (κ3) is 4.06. The lowest BCUT2D eigenvalue weighted by Crippen LogP contribution is -2.50. The molecule has 1 aliphatic heterocycles. The first-order chi connectivity index (χ1) is 11.1. The first-order valence-electron chi connectivity index (χ1n) is 7.86. The SMILES string of the molecule is Cc1cc(N2CCN(C(=O)OC(C)(C)C)CC2)cc(N)c1[N+](=O)[O-]. The van der Waals surface area contributed by atoms with Crippen molar-refractivity contribution in [2.45, 2.75) is 33.3 Å². The molecule has 1 aromatic carbocycles. The zero-order valence-electron chi connectivity index (χ0n) is 14.5. The molecule has 0 saturated carbocycles. The van der Waals surface area contributed by atoms with Gasteiger partial charge in [-0.05, 0) is 39.8 Å². The van der Waals surface area contributed by atoms with Crippen molar-refractivity contribution in [2.24, 2.45) is 0 Å². The summed E-state index contributed by atoms with van der Waals surface area (Å²) in [6.07, 6.45) is -0.318. The van der Waals surface area contributed by atoms with Gasteiger partial charge in [-0.2, -0.15) is 0 Å². The van der Waals surface area contributed by atoms with E-state index in [0.717, 1.165) is 5.69 Å². The third-order valence-corrected chi connectivity index (χ3v) is 3.79. The molecule has 0 aliphatic carbocycles. The molecular weight excluding hydrogens is 312 g/mol. The van der Waals surface area contributed by atoms with Gasteiger partial charge in [-0.1, -0.05) is 0 Å². The van der Waals surface area contributed by atoms with Crippen LogP contribution in [0.15, 0.2) is 12.1 Å². The Morgan fingerprint density at radius 1 is 1.25 bits per heavy atom. The van der Waals surface area contributed by atoms with Gasteiger partial charge >= 0.3 is 6.09 Å². The Morgan fingerprint density at radius 3 is 2.29 bits per heavy atom. The van der Waals surface area contributed by atoms with Gasteiger partial charge in [-0.15, -0.1) is 0 Å². The van der Waals surface area contributed by atoms with E-state index < -0.39 is 10.5 Å². The summed E-state index contributed by atoms with van der Waals surface area (Å²) in [6.45, 7) is 9.49. The molecule has 132 valence electrons. The Balaban J connectivity index is 2.05. The topological polar surface area (TPSA) is 102 Å². The molecule has 2 rings (SSSR count). The van der Waals surface area contributed by atoms with Crippen molar-refractivity contribution in [1.82, 2.24) is 4.90 Å². The number of carbonyl (C=O) groups excluding carboxylic acids is 1. The standard InChI is InChI=1S/C16H24N4O4/c1-11-9-12(10-13(17)14(11)20(22)23)18-5-7-19(8-6-18)15(21)24-16(2,3)4/h9-10H,5-8,17H2,1-4H3. The van der Waals surface area contributed by atoms with E-state index in [1.165, 1.54) is 0 Å². The summed E-state index contributed by atoms with van der Waals surface area (Å²) >= 11 is 0. The molecule has 0 atom stereocenters. The van der Waals surface area contributed by atoms with Gasteiger partial charge in [0.2, 0.25) is 0 Å². The minimum absolute atomic E-state index is 0.0499. The summed E-state index contributed by atoms with van der Waals surface area (Å²) in [4.78, 5) is 26.4. The summed E-state index contributed by atoms with van der Waals surface area (Å²) in [5.41, 5.74) is 6.78. The predicted molar refractivity (Wildman–Crippen MR) is 92.3 cm³/mol. The fourth-order valence-electron chi connectivity index (χ4n) is 2.69. The maximum absolute atomic E-state index is 12.1. The summed E-state index contributed by atoms with van der Waals surface area (Å²) in [6, 6.07) is 3.38. The molecule has 8 nitrogen and oxygen atoms in total. The Bertz CT molecular complexity index is 623. The smallest absolute Gasteiger partial charge is 0.410 e. The number of piperazine rings is 1. The van der Waals surface area contributed by atoms with Crippen LogP contribution in [0.25, 0.3) is 0 Å². The Kier molecular flexibility index (Phi) is 4.86. The molecule has 1 heterocycles. The number of carbonyl (C=O) groups is 1. The van der Waals surface area contributed by atoms with E-state index in [2.05, 4.69) is 4.90 Å². The second kappa shape index (κ2) is 6.54. The summed E-state index contributed by atoms with van der Waals surface area (Å²) in [7, 11) is 0. The van der Waals surface area contributed by atoms with E-state index in [-0.39, 0.29) is 17.5 Å². The van der Waals surface area contributed by atoms with Crippen molar-refractivity contribution in [1.29, 1.82) is 0 Å². The van der Waals surface area contributed by atoms with Crippen molar-refractivity contribution in [3.63, 3.8) is 0 Å². The van der Waals surface area contributed by atoms with E-state index in [4.69, 9.17) is 10.5 Å². The molecule has 0 unspecified atom stereocenters. The fraction of sp³-hybridized carbons (Fsp3) is 0.562. The van der Waals surface area contributed by atoms with Crippen LogP contribution in [0.4, 0.5) is 21.9 Å². The minimum Gasteiger partial charge on any atom is -0.444 e. The number of anilines is 2. The van der Waals surface area contributed by atoms with Crippen molar-refractivity contribution < 1.29 is 14.5 Å². The lowest BCUT2D eigenvalue weighted by Gasteiger charge is -2.36. The Morgan fingerprint density at radius 2 is 1.83 bits per heavy atom. The number of nitro benzene ring substituents is 1. The second-order valence-electron chi connectivity index (χ2n) is 6.91. The molecule has 0 radical (unpaired) electrons. The van der Waals surface area contributed by atoms with Crippen LogP contribution in [0.5, 0.6) is 0 Å². The summed E-state index contributed by atoms with van der Waals surface area (Å²) < 4.78 is 5.37. The Hall–Kier alpha value is -2.51. The van der Waals surface area contributed by atoms with Crippen molar-refractivity contribution >= 4 is 23.2 Å². The van der Waals surface area contributed by atoms with E-state index in [0.29, 0.717) is 31.7 Å². The maximum Gasteiger partial charge on any atom is 0.410 e. The van der Waals surface area contributed by atoms with Crippen LogP contribution in [-0.2, 0) is 4.74 Å². The number of nitrogens with zero attached hydrogens (tertiary/aromatic N) is 3. The molecule has 1 amide bonds. The fourth-order valence-corrected chi connectivity index (χ4v) is 2.69. The van der Waals surface area contributed by atoms with Crippen LogP contribution in [0.1, 0.15) is 26.3 Å². The number of nitro groups is 1. The van der Waals surface area contributed by atoms with Gasteiger partial charge in [-0.25, -0.2) is 4.79 Å². The lowest BCUT2D eigenvalue weighted by atomic mass is 10.1. The number of hydrogen-bond donors (Lipinski definition) is 1. The van der Waals surface area contributed by atoms with Crippen LogP contribution < -0.4 is 10.6 Å². The quantitative estimate of drug-likeness (QED) is 0.506. The molecule has 0 spiro atoms. The van der Waals surface area contributed by atoms with Crippen LogP contribution in [0, 0.1) is 17.0 Å². The number of nitrogens with two attached hydrogens (primary N) is 1. The maximum atomic E-state index is 12.1. The second-order valence-corrected chi connectivity index (χ2v) is 6.91. The number of ether oxygens (including phenoxy) is 1. The van der Waals surface area contributed by atoms with Crippen LogP contribution in [-0.4, -0.2) is 47.7 Å². The van der Waals surface area contributed by atoms with Gasteiger partial charge in [-0.3, -0.25) is 10.1 Å². The summed E-state index contributed by atoms with van der Waals surface area (Å²) in [5.74, 6) is 0. The molecule has 1 saturated heterocycles. The van der Waals surface area contributed by atoms with E-state index in [1.807, 2.05) is 20.8 Å². The molecule has 1 aliphatic rings. The minimum atomic E-state index is -0.516. The zero-order valence-corrected chi connectivity index (χ0v) is 14.5. The van der Waals surface area contributed by atoms with Crippen LogP contribution in [0.3, 0.4) is 0 Å². The van der Waals surface area contributed by atoms with E-state index >= 15 is 0 Å². The van der Waals surface area contributed by atoms with Gasteiger partial charge in [0.15, 0.2) is 0 Å². The number of amides is 1. The zero-order chi connectivity index (χ0) is 18.1. The lowest BCUT2D eigenvalue weighted by molar-refractivity contribution is -0.384. The number of hydrogen-bond acceptors (Lipinski definition) is 6. The molecule has 1 fully saturated rings. The van der Waals surface area contributed by atoms with Crippen molar-refractivity contribution in [2.75, 3.05) is 36.8 Å². The number of benzene rings is 1. The van der Waals surface area contributed by atoms with Gasteiger partial charge in [0.25, 0.3) is 5.69 Å². The van der Waals surface area contributed by atoms with Gasteiger partial charge in [0.1, 0.15) is 11.3 Å². The number of rotatable bonds is 2. The Labute approximate surface area is 141 Å². The van der Waals surface area contributed by atoms with Gasteiger partial charge < -0.3 is 20.3 Å². The van der Waals surface area contributed by atoms with Gasteiger partial charge in [0, 0.05) is 37.4 Å². The highest BCUT2D eigenvalue weighted by molar-refractivity contribution is 5.71. The highest BCUT2D eigenvalue weighted by atomic mass is 16.6. The first-order valence-corrected chi connectivity index (χ1v) is 7.86. The predicted octanol–water partition coefficient (Wildman–Crippen LogP) is 2.54. The first kappa shape index (κ1) is 17.8. The van der Waals surface area contributed by atoms with Crippen LogP contribution >= 0.6 is 0 Å². The summed E-state index contributed by atoms with van der Waals surface area (Å²) in [5, 5.41) is 11.0. The largest absolute Gasteiger partial charge is 0.444 e. The molecule has 1 aromatic rings. The molecular formula is C16H24N4O4. The highest BCUT2D eigenvalue weighted by Crippen LogP contribution is 2.31. The normalized spacial score (nSPS) is 15.3. The van der Waals surface area contributed by atoms with E-state index in [1.54, 1.807) is 24.0 Å². The molecule has 24 heavy (non-hydrogen) atoms. The van der Waals surface area contributed by atoms with Crippen molar-refractivity contribution in [3.05, 3.63) is 27.8 Å². The van der Waals surface area contributed by atoms with Gasteiger partial charge in [0.05, 0.1) is 4.92 Å². The molecule has 2 N–H and O–H groups in total. The average Bonchev–Trinajstić information content (AvgIpc) is 2.44. The van der Waals surface area contributed by atoms with Crippen LogP contribution in [0.2, 0.25) is 0 Å². The van der Waals surface area contributed by atoms with Crippen molar-refractivity contribution in [3.8, 4) is 0 Å². The average molecular weight is 336 g/mol. The van der Waals surface area contributed by atoms with E-state index in [9.17, 15) is 14.9 Å².